The molecule has 0 amide bonds. The van der Waals surface area contributed by atoms with E-state index in [4.69, 9.17) is 31.2 Å². The number of nitriles is 1. The number of rotatable bonds is 5. The Kier molecular flexibility index (Phi) is 6.05. The van der Waals surface area contributed by atoms with E-state index < -0.39 is 17.8 Å². The Morgan fingerprint density at radius 2 is 1.73 bits per heavy atom. The van der Waals surface area contributed by atoms with Crippen LogP contribution >= 0.6 is 12.2 Å². The zero-order chi connectivity index (χ0) is 19.4. The molecule has 0 aliphatic carbocycles. The van der Waals surface area contributed by atoms with Gasteiger partial charge in [-0.3, -0.25) is 0 Å². The summed E-state index contributed by atoms with van der Waals surface area (Å²) in [6, 6.07) is 5.59. The maximum absolute atomic E-state index is 12.4. The van der Waals surface area contributed by atoms with Crippen LogP contribution in [0.5, 0.6) is 17.2 Å². The van der Waals surface area contributed by atoms with E-state index in [0.717, 1.165) is 0 Å². The van der Waals surface area contributed by atoms with Gasteiger partial charge in [-0.05, 0) is 24.6 Å². The molecule has 0 saturated heterocycles. The number of carbonyl (C=O) groups excluding carboxylic acids is 1. The summed E-state index contributed by atoms with van der Waals surface area (Å²) in [5.74, 6) is -0.643. The van der Waals surface area contributed by atoms with Crippen LogP contribution in [0.15, 0.2) is 23.4 Å². The summed E-state index contributed by atoms with van der Waals surface area (Å²) in [6.45, 7) is 1.72. The predicted molar refractivity (Wildman–Crippen MR) is 98.4 cm³/mol. The second-order valence-electron chi connectivity index (χ2n) is 5.56. The fourth-order valence-corrected chi connectivity index (χ4v) is 3.39. The number of thiocarbonyl (C=S) groups is 1. The van der Waals surface area contributed by atoms with Crippen LogP contribution in [0.2, 0.25) is 0 Å². The molecule has 7 nitrogen and oxygen atoms in total. The molecule has 8 heteroatoms. The minimum Gasteiger partial charge on any atom is -0.493 e. The maximum atomic E-state index is 12.4. The number of hydrogen-bond donors (Lipinski definition) is 1. The molecule has 1 aliphatic rings. The Labute approximate surface area is 157 Å². The summed E-state index contributed by atoms with van der Waals surface area (Å²) < 4.78 is 21.0. The maximum Gasteiger partial charge on any atom is 0.336 e. The van der Waals surface area contributed by atoms with Crippen molar-refractivity contribution >= 4 is 23.2 Å². The first-order valence-corrected chi connectivity index (χ1v) is 8.13. The topological polar surface area (TPSA) is 89.8 Å². The minimum atomic E-state index is -0.745. The van der Waals surface area contributed by atoms with Crippen LogP contribution in [0.1, 0.15) is 18.4 Å². The lowest BCUT2D eigenvalue weighted by Crippen LogP contribution is -2.40. The first kappa shape index (κ1) is 19.5. The van der Waals surface area contributed by atoms with Crippen molar-refractivity contribution in [3.63, 3.8) is 0 Å². The Morgan fingerprint density at radius 3 is 2.15 bits per heavy atom. The number of methoxy groups -OCH3 is 4. The molecule has 0 spiro atoms. The third kappa shape index (κ3) is 3.30. The van der Waals surface area contributed by atoms with Gasteiger partial charge >= 0.3 is 5.97 Å². The summed E-state index contributed by atoms with van der Waals surface area (Å²) in [5.41, 5.74) is 1.52. The molecule has 1 aromatic carbocycles. The smallest absolute Gasteiger partial charge is 0.336 e. The highest BCUT2D eigenvalue weighted by Crippen LogP contribution is 2.45. The third-order valence-corrected chi connectivity index (χ3v) is 4.59. The molecule has 1 aliphatic heterocycles. The van der Waals surface area contributed by atoms with E-state index in [0.29, 0.717) is 39.1 Å². The van der Waals surface area contributed by atoms with E-state index in [2.05, 4.69) is 11.4 Å². The predicted octanol–water partition coefficient (Wildman–Crippen LogP) is 2.31. The van der Waals surface area contributed by atoms with Gasteiger partial charge in [0.1, 0.15) is 5.92 Å². The largest absolute Gasteiger partial charge is 0.493 e. The highest BCUT2D eigenvalue weighted by atomic mass is 32.1. The van der Waals surface area contributed by atoms with Crippen LogP contribution < -0.4 is 19.5 Å². The van der Waals surface area contributed by atoms with E-state index in [-0.39, 0.29) is 0 Å². The standard InChI is InChI=1S/C18H20N2O5S/c1-9-14(18(21)25-5)15(11(8-19)17(26)20-9)10-6-12(22-2)16(24-4)13(7-10)23-3/h6-7,11,15H,1-5H3,(H,20,26). The second-order valence-corrected chi connectivity index (χ2v) is 6.00. The molecule has 2 rings (SSSR count). The van der Waals surface area contributed by atoms with Gasteiger partial charge in [0.2, 0.25) is 5.75 Å². The molecular formula is C18H20N2O5S. The Hall–Kier alpha value is -2.79. The van der Waals surface area contributed by atoms with E-state index in [1.54, 1.807) is 19.1 Å². The first-order valence-electron chi connectivity index (χ1n) is 7.72. The van der Waals surface area contributed by atoms with Gasteiger partial charge in [0.25, 0.3) is 0 Å². The highest BCUT2D eigenvalue weighted by Gasteiger charge is 2.40. The van der Waals surface area contributed by atoms with Gasteiger partial charge in [-0.15, -0.1) is 0 Å². The van der Waals surface area contributed by atoms with Crippen molar-refractivity contribution in [2.75, 3.05) is 28.4 Å². The number of benzene rings is 1. The molecule has 0 saturated carbocycles. The second kappa shape index (κ2) is 8.06. The van der Waals surface area contributed by atoms with Crippen molar-refractivity contribution < 1.29 is 23.7 Å². The summed E-state index contributed by atoms with van der Waals surface area (Å²) >= 11 is 5.32. The molecule has 0 bridgehead atoms. The van der Waals surface area contributed by atoms with Gasteiger partial charge < -0.3 is 24.3 Å². The van der Waals surface area contributed by atoms with Crippen molar-refractivity contribution in [2.45, 2.75) is 12.8 Å². The van der Waals surface area contributed by atoms with Crippen LogP contribution in [-0.4, -0.2) is 39.4 Å². The average molecular weight is 376 g/mol. The number of allylic oxidation sites excluding steroid dienone is 1. The fraction of sp³-hybridized carbons (Fsp3) is 0.389. The summed E-state index contributed by atoms with van der Waals surface area (Å²) in [4.78, 5) is 12.7. The van der Waals surface area contributed by atoms with Gasteiger partial charge in [-0.25, -0.2) is 4.79 Å². The van der Waals surface area contributed by atoms with Crippen molar-refractivity contribution in [1.29, 1.82) is 5.26 Å². The fourth-order valence-electron chi connectivity index (χ4n) is 3.04. The normalized spacial score (nSPS) is 19.3. The zero-order valence-electron chi connectivity index (χ0n) is 15.2. The van der Waals surface area contributed by atoms with Crippen molar-refractivity contribution in [3.05, 3.63) is 29.0 Å². The average Bonchev–Trinajstić information content (AvgIpc) is 2.65. The van der Waals surface area contributed by atoms with Crippen LogP contribution in [0, 0.1) is 17.2 Å². The summed E-state index contributed by atoms with van der Waals surface area (Å²) in [6.07, 6.45) is 0. The van der Waals surface area contributed by atoms with Crippen LogP contribution in [-0.2, 0) is 9.53 Å². The van der Waals surface area contributed by atoms with Crippen LogP contribution in [0.3, 0.4) is 0 Å². The van der Waals surface area contributed by atoms with E-state index in [9.17, 15) is 10.1 Å². The van der Waals surface area contributed by atoms with Crippen LogP contribution in [0.4, 0.5) is 0 Å². The van der Waals surface area contributed by atoms with Gasteiger partial charge in [-0.1, -0.05) is 12.2 Å². The zero-order valence-corrected chi connectivity index (χ0v) is 16.0. The lowest BCUT2D eigenvalue weighted by atomic mass is 9.77. The lowest BCUT2D eigenvalue weighted by Gasteiger charge is -2.32. The Balaban J connectivity index is 2.75. The molecule has 1 N–H and O–H groups in total. The molecule has 1 aromatic rings. The molecule has 2 atom stereocenters. The third-order valence-electron chi connectivity index (χ3n) is 4.23. The highest BCUT2D eigenvalue weighted by molar-refractivity contribution is 7.80. The lowest BCUT2D eigenvalue weighted by molar-refractivity contribution is -0.136. The first-order chi connectivity index (χ1) is 12.4. The molecular weight excluding hydrogens is 356 g/mol. The molecule has 26 heavy (non-hydrogen) atoms. The molecule has 0 radical (unpaired) electrons. The molecule has 2 unspecified atom stereocenters. The quantitative estimate of drug-likeness (QED) is 0.619. The monoisotopic (exact) mass is 376 g/mol. The van der Waals surface area contributed by atoms with E-state index >= 15 is 0 Å². The number of carbonyl (C=O) groups is 1. The minimum absolute atomic E-state index is 0.335. The van der Waals surface area contributed by atoms with Gasteiger partial charge in [0, 0.05) is 11.6 Å². The molecule has 1 heterocycles. The number of esters is 1. The SMILES string of the molecule is COC(=O)C1=C(C)NC(=S)C(C#N)C1c1cc(OC)c(OC)c(OC)c1. The van der Waals surface area contributed by atoms with E-state index in [1.165, 1.54) is 28.4 Å². The van der Waals surface area contributed by atoms with Crippen molar-refractivity contribution in [2.24, 2.45) is 5.92 Å². The van der Waals surface area contributed by atoms with Crippen LogP contribution in [0.25, 0.3) is 0 Å². The van der Waals surface area contributed by atoms with Crippen molar-refractivity contribution in [1.82, 2.24) is 5.32 Å². The van der Waals surface area contributed by atoms with Gasteiger partial charge in [-0.2, -0.15) is 5.26 Å². The van der Waals surface area contributed by atoms with Crippen molar-refractivity contribution in [3.8, 4) is 23.3 Å². The van der Waals surface area contributed by atoms with Gasteiger partial charge in [0.05, 0.1) is 45.1 Å². The summed E-state index contributed by atoms with van der Waals surface area (Å²) in [5, 5.41) is 12.6. The number of ether oxygens (including phenoxy) is 4. The van der Waals surface area contributed by atoms with E-state index in [1.807, 2.05) is 0 Å². The Morgan fingerprint density at radius 1 is 1.15 bits per heavy atom. The number of nitrogens with zero attached hydrogens (tertiary/aromatic N) is 1. The molecule has 0 aromatic heterocycles. The number of hydrogen-bond acceptors (Lipinski definition) is 7. The summed E-state index contributed by atoms with van der Waals surface area (Å²) in [7, 11) is 5.79. The number of nitrogens with one attached hydrogen (secondary N) is 1. The van der Waals surface area contributed by atoms with Gasteiger partial charge in [0.15, 0.2) is 11.5 Å². The molecule has 0 fully saturated rings. The molecule has 138 valence electrons. The Bertz CT molecular complexity index is 787.